The second-order valence-electron chi connectivity index (χ2n) is 14.6. The highest BCUT2D eigenvalue weighted by Gasteiger charge is 2.22. The van der Waals surface area contributed by atoms with Crippen LogP contribution >= 0.6 is 22.7 Å². The Balaban J connectivity index is 1.01. The predicted octanol–water partition coefficient (Wildman–Crippen LogP) is 13.7. The number of benzene rings is 8. The summed E-state index contributed by atoms with van der Waals surface area (Å²) in [5.74, 6) is 1.55. The number of para-hydroxylation sites is 2. The number of hydrogen-bond acceptors (Lipinski definition) is 5. The molecule has 1 atom stereocenters. The zero-order valence-corrected chi connectivity index (χ0v) is 32.2. The van der Waals surface area contributed by atoms with Crippen molar-refractivity contribution >= 4 is 96.5 Å². The van der Waals surface area contributed by atoms with E-state index in [0.29, 0.717) is 0 Å². The van der Waals surface area contributed by atoms with Crippen molar-refractivity contribution in [2.45, 2.75) is 6.17 Å². The molecule has 0 amide bonds. The Morgan fingerprint density at radius 3 is 1.84 bits per heavy atom. The number of aliphatic imine (C=N–C) groups is 2. The molecule has 1 aliphatic rings. The highest BCUT2D eigenvalue weighted by molar-refractivity contribution is 7.26. The van der Waals surface area contributed by atoms with Crippen LogP contribution in [0.15, 0.2) is 192 Å². The Hall–Kier alpha value is -6.86. The number of amidine groups is 2. The molecule has 0 fully saturated rings. The van der Waals surface area contributed by atoms with Gasteiger partial charge in [-0.15, -0.1) is 22.7 Å². The van der Waals surface area contributed by atoms with Crippen molar-refractivity contribution in [1.82, 2.24) is 9.88 Å². The Labute approximate surface area is 336 Å². The van der Waals surface area contributed by atoms with Crippen LogP contribution in [0.1, 0.15) is 22.9 Å². The molecule has 1 unspecified atom stereocenters. The number of nitrogens with zero attached hydrogens (tertiary/aromatic N) is 3. The van der Waals surface area contributed by atoms with Gasteiger partial charge in [0.15, 0.2) is 5.84 Å². The molecule has 0 aliphatic carbocycles. The topological polar surface area (TPSA) is 41.7 Å². The number of nitrogens with one attached hydrogen (secondary N) is 1. The van der Waals surface area contributed by atoms with Gasteiger partial charge in [-0.1, -0.05) is 115 Å². The lowest BCUT2D eigenvalue weighted by Crippen LogP contribution is -2.33. The SMILES string of the molecule is c1ccc(C2=NC(c3ccc4sc5cccc(-c6ccc7sc8ccc(-n9c%10ccccc%10c%10ccccc%109)cc8c7c6)c5c4c3)=NC(c3ccccc3)N2)cc1. The minimum Gasteiger partial charge on any atom is -0.344 e. The van der Waals surface area contributed by atoms with Crippen molar-refractivity contribution in [3.8, 4) is 16.8 Å². The number of fused-ring (bicyclic) bond motifs is 9. The van der Waals surface area contributed by atoms with Crippen LogP contribution in [0.5, 0.6) is 0 Å². The summed E-state index contributed by atoms with van der Waals surface area (Å²) in [6, 6.07) is 65.6. The Bertz CT molecular complexity index is 3390. The fraction of sp³-hybridized carbons (Fsp3) is 0.0196. The first kappa shape index (κ1) is 32.4. The van der Waals surface area contributed by atoms with Crippen molar-refractivity contribution in [3.05, 3.63) is 199 Å². The molecular weight excluding hydrogens is 733 g/mol. The van der Waals surface area contributed by atoms with E-state index >= 15 is 0 Å². The highest BCUT2D eigenvalue weighted by Crippen LogP contribution is 2.44. The maximum atomic E-state index is 5.19. The molecule has 0 spiro atoms. The van der Waals surface area contributed by atoms with Crippen LogP contribution in [0.2, 0.25) is 0 Å². The van der Waals surface area contributed by atoms with Gasteiger partial charge in [-0.2, -0.15) is 0 Å². The van der Waals surface area contributed by atoms with Crippen molar-refractivity contribution in [3.63, 3.8) is 0 Å². The average Bonchev–Trinajstić information content (AvgIpc) is 3.95. The van der Waals surface area contributed by atoms with E-state index in [4.69, 9.17) is 9.98 Å². The van der Waals surface area contributed by atoms with Gasteiger partial charge in [0, 0.05) is 67.9 Å². The average molecular weight is 765 g/mol. The summed E-state index contributed by atoms with van der Waals surface area (Å²) in [4.78, 5) is 10.3. The number of hydrogen-bond donors (Lipinski definition) is 1. The van der Waals surface area contributed by atoms with Crippen molar-refractivity contribution in [2.24, 2.45) is 9.98 Å². The molecule has 12 rings (SSSR count). The van der Waals surface area contributed by atoms with E-state index in [1.807, 2.05) is 34.8 Å². The van der Waals surface area contributed by atoms with Crippen molar-refractivity contribution in [2.75, 3.05) is 0 Å². The molecule has 4 heterocycles. The smallest absolute Gasteiger partial charge is 0.159 e. The second kappa shape index (κ2) is 12.8. The first-order chi connectivity index (χ1) is 28.2. The Morgan fingerprint density at radius 1 is 0.456 bits per heavy atom. The summed E-state index contributed by atoms with van der Waals surface area (Å²) >= 11 is 3.71. The zero-order valence-electron chi connectivity index (χ0n) is 30.6. The third-order valence-electron chi connectivity index (χ3n) is 11.3. The van der Waals surface area contributed by atoms with Gasteiger partial charge in [0.1, 0.15) is 12.0 Å². The third-order valence-corrected chi connectivity index (χ3v) is 13.5. The molecule has 57 heavy (non-hydrogen) atoms. The van der Waals surface area contributed by atoms with E-state index in [9.17, 15) is 0 Å². The Kier molecular flexibility index (Phi) is 7.30. The van der Waals surface area contributed by atoms with Gasteiger partial charge in [-0.3, -0.25) is 0 Å². The maximum absolute atomic E-state index is 5.19. The minimum atomic E-state index is -0.248. The first-order valence-electron chi connectivity index (χ1n) is 19.2. The van der Waals surface area contributed by atoms with E-state index in [-0.39, 0.29) is 6.17 Å². The maximum Gasteiger partial charge on any atom is 0.159 e. The van der Waals surface area contributed by atoms with E-state index in [2.05, 4.69) is 180 Å². The van der Waals surface area contributed by atoms with Gasteiger partial charge in [-0.05, 0) is 83.4 Å². The minimum absolute atomic E-state index is 0.248. The second-order valence-corrected chi connectivity index (χ2v) is 16.8. The molecular formula is C51H32N4S2. The van der Waals surface area contributed by atoms with Crippen LogP contribution < -0.4 is 5.32 Å². The molecule has 11 aromatic rings. The monoisotopic (exact) mass is 764 g/mol. The molecule has 4 nitrogen and oxygen atoms in total. The summed E-state index contributed by atoms with van der Waals surface area (Å²) in [7, 11) is 0. The normalized spacial score (nSPS) is 14.5. The van der Waals surface area contributed by atoms with Gasteiger partial charge in [0.25, 0.3) is 0 Å². The van der Waals surface area contributed by atoms with E-state index in [1.165, 1.54) is 79.0 Å². The quantitative estimate of drug-likeness (QED) is 0.186. The fourth-order valence-electron chi connectivity index (χ4n) is 8.61. The summed E-state index contributed by atoms with van der Waals surface area (Å²) in [6.45, 7) is 0. The molecule has 0 radical (unpaired) electrons. The summed E-state index contributed by atoms with van der Waals surface area (Å²) in [5, 5.41) is 11.2. The van der Waals surface area contributed by atoms with E-state index < -0.39 is 0 Å². The van der Waals surface area contributed by atoms with Crippen molar-refractivity contribution < 1.29 is 0 Å². The Morgan fingerprint density at radius 2 is 1.07 bits per heavy atom. The lowest BCUT2D eigenvalue weighted by atomic mass is 9.97. The summed E-state index contributed by atoms with van der Waals surface area (Å²) < 4.78 is 7.52. The number of rotatable bonds is 5. The molecule has 8 aromatic carbocycles. The molecule has 1 N–H and O–H groups in total. The van der Waals surface area contributed by atoms with Crippen molar-refractivity contribution in [1.29, 1.82) is 0 Å². The van der Waals surface area contributed by atoms with Gasteiger partial charge in [0.05, 0.1) is 11.0 Å². The molecule has 0 bridgehead atoms. The van der Waals surface area contributed by atoms with E-state index in [1.54, 1.807) is 0 Å². The van der Waals surface area contributed by atoms with Gasteiger partial charge >= 0.3 is 0 Å². The van der Waals surface area contributed by atoms with Crippen LogP contribution in [0, 0.1) is 0 Å². The molecule has 0 saturated carbocycles. The highest BCUT2D eigenvalue weighted by atomic mass is 32.1. The molecule has 3 aromatic heterocycles. The van der Waals surface area contributed by atoms with Crippen LogP contribution in [0.25, 0.3) is 79.0 Å². The molecule has 268 valence electrons. The van der Waals surface area contributed by atoms with Crippen LogP contribution in [-0.2, 0) is 0 Å². The lowest BCUT2D eigenvalue weighted by Gasteiger charge is -2.23. The molecule has 1 aliphatic heterocycles. The van der Waals surface area contributed by atoms with Crippen LogP contribution in [0.4, 0.5) is 0 Å². The number of thiophene rings is 2. The third kappa shape index (κ3) is 5.26. The van der Waals surface area contributed by atoms with Gasteiger partial charge in [0.2, 0.25) is 0 Å². The summed E-state index contributed by atoms with van der Waals surface area (Å²) in [6.07, 6.45) is -0.248. The van der Waals surface area contributed by atoms with Gasteiger partial charge < -0.3 is 9.88 Å². The molecule has 0 saturated heterocycles. The largest absolute Gasteiger partial charge is 0.344 e. The zero-order chi connectivity index (χ0) is 37.5. The van der Waals surface area contributed by atoms with Crippen LogP contribution in [0.3, 0.4) is 0 Å². The fourth-order valence-corrected chi connectivity index (χ4v) is 10.8. The first-order valence-corrected chi connectivity index (χ1v) is 20.8. The lowest BCUT2D eigenvalue weighted by molar-refractivity contribution is 0.674. The van der Waals surface area contributed by atoms with Gasteiger partial charge in [-0.25, -0.2) is 9.98 Å². The molecule has 6 heteroatoms. The number of aromatic nitrogens is 1. The summed E-state index contributed by atoms with van der Waals surface area (Å²) in [5.41, 5.74) is 9.21. The predicted molar refractivity (Wildman–Crippen MR) is 244 cm³/mol. The van der Waals surface area contributed by atoms with E-state index in [0.717, 1.165) is 28.4 Å². The van der Waals surface area contributed by atoms with Crippen LogP contribution in [-0.4, -0.2) is 16.2 Å². The standard InChI is InChI=1S/C51H32N4S2/c1-3-12-31(13-4-1)49-52-50(32-14-5-2-6-15-32)54-51(53-49)34-23-26-46-41(29-34)48-36(18-11-21-47(48)57-46)33-22-25-44-39(28-33)40-30-35(24-27-45(40)56-44)55-42-19-9-7-16-37(42)38-17-8-10-20-43(38)55/h1-30,49H,(H,52,53,54).